The van der Waals surface area contributed by atoms with Gasteiger partial charge in [-0.25, -0.2) is 4.98 Å². The number of aromatic nitrogens is 1. The summed E-state index contributed by atoms with van der Waals surface area (Å²) >= 11 is 1.55. The zero-order valence-corrected chi connectivity index (χ0v) is 11.3. The second-order valence-corrected chi connectivity index (χ2v) is 5.68. The Labute approximate surface area is 106 Å². The van der Waals surface area contributed by atoms with Gasteiger partial charge in [-0.15, -0.1) is 11.3 Å². The number of thiazole rings is 1. The van der Waals surface area contributed by atoms with E-state index >= 15 is 0 Å². The third-order valence-corrected chi connectivity index (χ3v) is 4.45. The molecular formula is C13H19NO2S. The van der Waals surface area contributed by atoms with Crippen molar-refractivity contribution >= 4 is 17.6 Å². The maximum atomic E-state index is 10.7. The lowest BCUT2D eigenvalue weighted by Crippen LogP contribution is -2.35. The number of carbonyl (C=O) groups excluding carboxylic acids is 1. The SMILES string of the molecule is CCOC1(c2nc(C=O)cs2)CCCC(C)C1. The van der Waals surface area contributed by atoms with Crippen molar-refractivity contribution in [3.05, 3.63) is 16.1 Å². The van der Waals surface area contributed by atoms with Crippen LogP contribution in [0, 0.1) is 5.92 Å². The van der Waals surface area contributed by atoms with E-state index in [1.54, 1.807) is 11.3 Å². The number of hydrogen-bond acceptors (Lipinski definition) is 4. The van der Waals surface area contributed by atoms with Crippen LogP contribution in [-0.2, 0) is 10.3 Å². The van der Waals surface area contributed by atoms with E-state index in [2.05, 4.69) is 11.9 Å². The number of carbonyl (C=O) groups is 1. The van der Waals surface area contributed by atoms with Crippen LogP contribution in [0.5, 0.6) is 0 Å². The molecule has 17 heavy (non-hydrogen) atoms. The van der Waals surface area contributed by atoms with Gasteiger partial charge in [-0.05, 0) is 32.1 Å². The van der Waals surface area contributed by atoms with Crippen molar-refractivity contribution in [1.82, 2.24) is 4.98 Å². The molecule has 0 aromatic carbocycles. The molecule has 1 heterocycles. The van der Waals surface area contributed by atoms with Gasteiger partial charge in [-0.2, -0.15) is 0 Å². The van der Waals surface area contributed by atoms with Crippen molar-refractivity contribution in [3.8, 4) is 0 Å². The molecule has 1 aliphatic carbocycles. The van der Waals surface area contributed by atoms with Crippen LogP contribution in [0.4, 0.5) is 0 Å². The third kappa shape index (κ3) is 2.58. The van der Waals surface area contributed by atoms with E-state index in [-0.39, 0.29) is 5.60 Å². The maximum Gasteiger partial charge on any atom is 0.169 e. The van der Waals surface area contributed by atoms with Crippen LogP contribution in [-0.4, -0.2) is 17.9 Å². The number of rotatable bonds is 4. The number of nitrogens with zero attached hydrogens (tertiary/aromatic N) is 1. The van der Waals surface area contributed by atoms with Gasteiger partial charge in [-0.3, -0.25) is 4.79 Å². The topological polar surface area (TPSA) is 39.2 Å². The normalized spacial score (nSPS) is 29.2. The van der Waals surface area contributed by atoms with E-state index in [1.807, 2.05) is 12.3 Å². The molecule has 1 aliphatic rings. The van der Waals surface area contributed by atoms with E-state index in [0.29, 0.717) is 18.2 Å². The molecule has 4 heteroatoms. The predicted molar refractivity (Wildman–Crippen MR) is 68.4 cm³/mol. The molecule has 1 saturated carbocycles. The Kier molecular flexibility index (Phi) is 3.94. The lowest BCUT2D eigenvalue weighted by atomic mass is 9.79. The van der Waals surface area contributed by atoms with E-state index in [0.717, 1.165) is 24.1 Å². The van der Waals surface area contributed by atoms with E-state index in [9.17, 15) is 4.79 Å². The zero-order chi connectivity index (χ0) is 12.3. The van der Waals surface area contributed by atoms with Crippen LogP contribution in [0.2, 0.25) is 0 Å². The molecule has 0 saturated heterocycles. The summed E-state index contributed by atoms with van der Waals surface area (Å²) in [4.78, 5) is 15.1. The first-order chi connectivity index (χ1) is 8.20. The highest BCUT2D eigenvalue weighted by Gasteiger charge is 2.39. The van der Waals surface area contributed by atoms with Gasteiger partial charge in [0.15, 0.2) is 6.29 Å². The number of ether oxygens (including phenoxy) is 1. The van der Waals surface area contributed by atoms with Crippen molar-refractivity contribution in [2.75, 3.05) is 6.61 Å². The summed E-state index contributed by atoms with van der Waals surface area (Å²) < 4.78 is 6.02. The summed E-state index contributed by atoms with van der Waals surface area (Å²) in [5, 5.41) is 2.80. The Morgan fingerprint density at radius 1 is 1.71 bits per heavy atom. The average Bonchev–Trinajstić information content (AvgIpc) is 2.78. The quantitative estimate of drug-likeness (QED) is 0.772. The van der Waals surface area contributed by atoms with Gasteiger partial charge in [0.05, 0.1) is 0 Å². The molecule has 94 valence electrons. The summed E-state index contributed by atoms with van der Waals surface area (Å²) in [5.41, 5.74) is 0.292. The van der Waals surface area contributed by atoms with E-state index < -0.39 is 0 Å². The van der Waals surface area contributed by atoms with E-state index in [4.69, 9.17) is 4.74 Å². The lowest BCUT2D eigenvalue weighted by molar-refractivity contribution is -0.0820. The first-order valence-corrected chi connectivity index (χ1v) is 7.13. The summed E-state index contributed by atoms with van der Waals surface area (Å²) in [6.07, 6.45) is 5.30. The number of aldehydes is 1. The first-order valence-electron chi connectivity index (χ1n) is 6.25. The molecule has 2 rings (SSSR count). The standard InChI is InChI=1S/C13H19NO2S/c1-3-16-13(6-4-5-10(2)7-13)12-14-11(8-15)9-17-12/h8-10H,3-7H2,1-2H3. The molecule has 0 amide bonds. The highest BCUT2D eigenvalue weighted by Crippen LogP contribution is 2.43. The van der Waals surface area contributed by atoms with Gasteiger partial charge in [0, 0.05) is 12.0 Å². The van der Waals surface area contributed by atoms with Crippen LogP contribution in [0.15, 0.2) is 5.38 Å². The maximum absolute atomic E-state index is 10.7. The Balaban J connectivity index is 2.29. The van der Waals surface area contributed by atoms with Crippen molar-refractivity contribution in [3.63, 3.8) is 0 Å². The molecule has 0 bridgehead atoms. The number of hydrogen-bond donors (Lipinski definition) is 0. The Hall–Kier alpha value is -0.740. The molecular weight excluding hydrogens is 234 g/mol. The Morgan fingerprint density at radius 3 is 3.12 bits per heavy atom. The average molecular weight is 253 g/mol. The van der Waals surface area contributed by atoms with Crippen molar-refractivity contribution in [1.29, 1.82) is 0 Å². The van der Waals surface area contributed by atoms with Crippen LogP contribution in [0.1, 0.15) is 55.0 Å². The fraction of sp³-hybridized carbons (Fsp3) is 0.692. The van der Waals surface area contributed by atoms with Crippen LogP contribution < -0.4 is 0 Å². The van der Waals surface area contributed by atoms with Gasteiger partial charge < -0.3 is 4.74 Å². The molecule has 0 radical (unpaired) electrons. The van der Waals surface area contributed by atoms with Gasteiger partial charge in [0.1, 0.15) is 16.3 Å². The molecule has 1 aromatic rings. The predicted octanol–water partition coefficient (Wildman–Crippen LogP) is 3.40. The largest absolute Gasteiger partial charge is 0.368 e. The molecule has 0 spiro atoms. The highest BCUT2D eigenvalue weighted by molar-refractivity contribution is 7.10. The third-order valence-electron chi connectivity index (χ3n) is 3.41. The van der Waals surface area contributed by atoms with Crippen LogP contribution in [0.25, 0.3) is 0 Å². The van der Waals surface area contributed by atoms with Crippen LogP contribution in [0.3, 0.4) is 0 Å². The summed E-state index contributed by atoms with van der Waals surface area (Å²) in [6.45, 7) is 4.99. The monoisotopic (exact) mass is 253 g/mol. The fourth-order valence-corrected chi connectivity index (χ4v) is 3.67. The van der Waals surface area contributed by atoms with E-state index in [1.165, 1.54) is 12.8 Å². The summed E-state index contributed by atoms with van der Waals surface area (Å²) in [5.74, 6) is 0.666. The zero-order valence-electron chi connectivity index (χ0n) is 10.4. The Bertz CT molecular complexity index is 387. The minimum absolute atomic E-state index is 0.238. The minimum atomic E-state index is -0.238. The van der Waals surface area contributed by atoms with Gasteiger partial charge >= 0.3 is 0 Å². The van der Waals surface area contributed by atoms with Gasteiger partial charge in [-0.1, -0.05) is 13.3 Å². The van der Waals surface area contributed by atoms with Crippen molar-refractivity contribution in [2.45, 2.75) is 45.1 Å². The smallest absolute Gasteiger partial charge is 0.169 e. The fourth-order valence-electron chi connectivity index (χ4n) is 2.72. The summed E-state index contributed by atoms with van der Waals surface area (Å²) in [6, 6.07) is 0. The van der Waals surface area contributed by atoms with Crippen molar-refractivity contribution < 1.29 is 9.53 Å². The summed E-state index contributed by atoms with van der Waals surface area (Å²) in [7, 11) is 0. The minimum Gasteiger partial charge on any atom is -0.368 e. The second kappa shape index (κ2) is 5.27. The molecule has 0 N–H and O–H groups in total. The lowest BCUT2D eigenvalue weighted by Gasteiger charge is -2.38. The molecule has 2 unspecified atom stereocenters. The molecule has 0 aliphatic heterocycles. The van der Waals surface area contributed by atoms with Gasteiger partial charge in [0.25, 0.3) is 0 Å². The second-order valence-electron chi connectivity index (χ2n) is 4.82. The molecule has 2 atom stereocenters. The van der Waals surface area contributed by atoms with Crippen molar-refractivity contribution in [2.24, 2.45) is 5.92 Å². The first kappa shape index (κ1) is 12.7. The molecule has 3 nitrogen and oxygen atoms in total. The highest BCUT2D eigenvalue weighted by atomic mass is 32.1. The molecule has 1 aromatic heterocycles. The van der Waals surface area contributed by atoms with Crippen LogP contribution >= 0.6 is 11.3 Å². The Morgan fingerprint density at radius 2 is 2.53 bits per heavy atom. The molecule has 1 fully saturated rings. The van der Waals surface area contributed by atoms with Gasteiger partial charge in [0.2, 0.25) is 0 Å².